The molecular weight excluding hydrogens is 206 g/mol. The molecule has 1 fully saturated rings. The Morgan fingerprint density at radius 3 is 2.62 bits per heavy atom. The molecule has 0 aromatic carbocycles. The van der Waals surface area contributed by atoms with Crippen LogP contribution in [0.2, 0.25) is 0 Å². The van der Waals surface area contributed by atoms with E-state index in [0.29, 0.717) is 6.54 Å². The lowest BCUT2D eigenvalue weighted by Crippen LogP contribution is -2.50. The first kappa shape index (κ1) is 13.0. The standard InChI is InChI=1S/C11H21N3O2/c1-11(2,10(12)16)7-14-9(15)8-5-3-4-6-13-8/h8,13H,3-7H2,1-2H3,(H2,12,16)(H,14,15)/t8-/m0/s1. The van der Waals surface area contributed by atoms with E-state index < -0.39 is 11.3 Å². The molecule has 0 aromatic rings. The summed E-state index contributed by atoms with van der Waals surface area (Å²) < 4.78 is 0. The highest BCUT2D eigenvalue weighted by molar-refractivity contribution is 5.84. The number of primary amides is 1. The highest BCUT2D eigenvalue weighted by Crippen LogP contribution is 2.12. The molecule has 0 radical (unpaired) electrons. The summed E-state index contributed by atoms with van der Waals surface area (Å²) in [6.45, 7) is 4.63. The minimum absolute atomic E-state index is 0.0333. The van der Waals surface area contributed by atoms with Gasteiger partial charge in [0.15, 0.2) is 0 Å². The zero-order chi connectivity index (χ0) is 12.2. The largest absolute Gasteiger partial charge is 0.369 e. The fraction of sp³-hybridized carbons (Fsp3) is 0.818. The summed E-state index contributed by atoms with van der Waals surface area (Å²) in [5.74, 6) is -0.432. The van der Waals surface area contributed by atoms with Crippen LogP contribution in [0.3, 0.4) is 0 Å². The Morgan fingerprint density at radius 1 is 1.44 bits per heavy atom. The molecule has 0 bridgehead atoms. The fourth-order valence-corrected chi connectivity index (χ4v) is 1.59. The van der Waals surface area contributed by atoms with Crippen molar-refractivity contribution in [3.63, 3.8) is 0 Å². The van der Waals surface area contributed by atoms with Gasteiger partial charge in [0.25, 0.3) is 0 Å². The quantitative estimate of drug-likeness (QED) is 0.619. The topological polar surface area (TPSA) is 84.2 Å². The van der Waals surface area contributed by atoms with Crippen molar-refractivity contribution in [3.05, 3.63) is 0 Å². The van der Waals surface area contributed by atoms with Gasteiger partial charge in [-0.15, -0.1) is 0 Å². The molecule has 0 spiro atoms. The van der Waals surface area contributed by atoms with Crippen LogP contribution < -0.4 is 16.4 Å². The van der Waals surface area contributed by atoms with Crippen LogP contribution >= 0.6 is 0 Å². The van der Waals surface area contributed by atoms with E-state index in [1.54, 1.807) is 13.8 Å². The summed E-state index contributed by atoms with van der Waals surface area (Å²) in [6.07, 6.45) is 3.06. The molecule has 2 amide bonds. The number of hydrogen-bond donors (Lipinski definition) is 3. The van der Waals surface area contributed by atoms with Crippen molar-refractivity contribution < 1.29 is 9.59 Å². The van der Waals surface area contributed by atoms with Crippen molar-refractivity contribution in [1.82, 2.24) is 10.6 Å². The van der Waals surface area contributed by atoms with Crippen LogP contribution in [0, 0.1) is 5.41 Å². The number of nitrogens with two attached hydrogens (primary N) is 1. The predicted molar refractivity (Wildman–Crippen MR) is 61.6 cm³/mol. The average molecular weight is 227 g/mol. The number of carbonyl (C=O) groups is 2. The van der Waals surface area contributed by atoms with Crippen molar-refractivity contribution in [2.45, 2.75) is 39.2 Å². The van der Waals surface area contributed by atoms with Gasteiger partial charge >= 0.3 is 0 Å². The van der Waals surface area contributed by atoms with Gasteiger partial charge in [-0.25, -0.2) is 0 Å². The van der Waals surface area contributed by atoms with Crippen molar-refractivity contribution >= 4 is 11.8 Å². The summed E-state index contributed by atoms with van der Waals surface area (Å²) >= 11 is 0. The molecule has 1 aliphatic heterocycles. The van der Waals surface area contributed by atoms with Gasteiger partial charge in [0.2, 0.25) is 11.8 Å². The summed E-state index contributed by atoms with van der Waals surface area (Å²) in [5.41, 5.74) is 4.54. The Balaban J connectivity index is 2.37. The first-order valence-electron chi connectivity index (χ1n) is 5.74. The Labute approximate surface area is 96.1 Å². The Morgan fingerprint density at radius 2 is 2.12 bits per heavy atom. The summed E-state index contributed by atoms with van der Waals surface area (Å²) in [4.78, 5) is 22.8. The minimum atomic E-state index is -0.690. The van der Waals surface area contributed by atoms with Crippen molar-refractivity contribution in [2.75, 3.05) is 13.1 Å². The highest BCUT2D eigenvalue weighted by Gasteiger charge is 2.27. The maximum atomic E-state index is 11.7. The number of nitrogens with one attached hydrogen (secondary N) is 2. The van der Waals surface area contributed by atoms with Gasteiger partial charge in [-0.2, -0.15) is 0 Å². The lowest BCUT2D eigenvalue weighted by atomic mass is 9.92. The number of rotatable bonds is 4. The second-order valence-electron chi connectivity index (χ2n) is 4.97. The molecule has 92 valence electrons. The summed E-state index contributed by atoms with van der Waals surface area (Å²) in [7, 11) is 0. The van der Waals surface area contributed by atoms with E-state index in [4.69, 9.17) is 5.73 Å². The molecule has 16 heavy (non-hydrogen) atoms. The Hall–Kier alpha value is -1.10. The second-order valence-corrected chi connectivity index (χ2v) is 4.97. The first-order valence-corrected chi connectivity index (χ1v) is 5.74. The maximum absolute atomic E-state index is 11.7. The summed E-state index contributed by atoms with van der Waals surface area (Å²) in [6, 6.07) is -0.113. The zero-order valence-corrected chi connectivity index (χ0v) is 10.0. The molecule has 4 N–H and O–H groups in total. The predicted octanol–water partition coefficient (Wildman–Crippen LogP) is -0.244. The van der Waals surface area contributed by atoms with Gasteiger partial charge in [-0.05, 0) is 33.2 Å². The monoisotopic (exact) mass is 227 g/mol. The lowest BCUT2D eigenvalue weighted by molar-refractivity contribution is -0.127. The van der Waals surface area contributed by atoms with E-state index in [-0.39, 0.29) is 11.9 Å². The molecule has 0 saturated carbocycles. The molecule has 1 saturated heterocycles. The normalized spacial score (nSPS) is 21.5. The lowest BCUT2D eigenvalue weighted by Gasteiger charge is -2.25. The van der Waals surface area contributed by atoms with Gasteiger partial charge in [-0.3, -0.25) is 9.59 Å². The molecule has 5 nitrogen and oxygen atoms in total. The van der Waals surface area contributed by atoms with Crippen LogP contribution in [0.4, 0.5) is 0 Å². The molecule has 1 rings (SSSR count). The van der Waals surface area contributed by atoms with Crippen molar-refractivity contribution in [1.29, 1.82) is 0 Å². The maximum Gasteiger partial charge on any atom is 0.237 e. The molecular formula is C11H21N3O2. The second kappa shape index (κ2) is 5.30. The molecule has 1 atom stereocenters. The van der Waals surface area contributed by atoms with Crippen LogP contribution in [-0.4, -0.2) is 30.9 Å². The zero-order valence-electron chi connectivity index (χ0n) is 10.0. The first-order chi connectivity index (χ1) is 7.43. The van der Waals surface area contributed by atoms with Gasteiger partial charge < -0.3 is 16.4 Å². The molecule has 0 aromatic heterocycles. The van der Waals surface area contributed by atoms with E-state index >= 15 is 0 Å². The number of amides is 2. The molecule has 1 heterocycles. The number of hydrogen-bond acceptors (Lipinski definition) is 3. The minimum Gasteiger partial charge on any atom is -0.369 e. The van der Waals surface area contributed by atoms with E-state index in [1.807, 2.05) is 0 Å². The SMILES string of the molecule is CC(C)(CNC(=O)[C@@H]1CCCCN1)C(N)=O. The van der Waals surface area contributed by atoms with Gasteiger partial charge in [0, 0.05) is 6.54 Å². The van der Waals surface area contributed by atoms with E-state index in [2.05, 4.69) is 10.6 Å². The van der Waals surface area contributed by atoms with Crippen LogP contribution in [0.15, 0.2) is 0 Å². The van der Waals surface area contributed by atoms with Crippen LogP contribution in [0.25, 0.3) is 0 Å². The average Bonchev–Trinajstić information content (AvgIpc) is 2.27. The number of piperidine rings is 1. The van der Waals surface area contributed by atoms with E-state index in [0.717, 1.165) is 25.8 Å². The molecule has 0 aliphatic carbocycles. The molecule has 5 heteroatoms. The van der Waals surface area contributed by atoms with Crippen LogP contribution in [-0.2, 0) is 9.59 Å². The fourth-order valence-electron chi connectivity index (χ4n) is 1.59. The van der Waals surface area contributed by atoms with Crippen LogP contribution in [0.5, 0.6) is 0 Å². The molecule has 1 aliphatic rings. The van der Waals surface area contributed by atoms with Gasteiger partial charge in [-0.1, -0.05) is 6.42 Å². The summed E-state index contributed by atoms with van der Waals surface area (Å²) in [5, 5.41) is 5.93. The van der Waals surface area contributed by atoms with Gasteiger partial charge in [0.05, 0.1) is 11.5 Å². The van der Waals surface area contributed by atoms with E-state index in [1.165, 1.54) is 0 Å². The highest BCUT2D eigenvalue weighted by atomic mass is 16.2. The van der Waals surface area contributed by atoms with E-state index in [9.17, 15) is 9.59 Å². The third-order valence-corrected chi connectivity index (χ3v) is 3.00. The Bertz CT molecular complexity index is 270. The smallest absolute Gasteiger partial charge is 0.237 e. The molecule has 0 unspecified atom stereocenters. The third kappa shape index (κ3) is 3.48. The van der Waals surface area contributed by atoms with Gasteiger partial charge in [0.1, 0.15) is 0 Å². The third-order valence-electron chi connectivity index (χ3n) is 3.00. The van der Waals surface area contributed by atoms with Crippen molar-refractivity contribution in [3.8, 4) is 0 Å². The van der Waals surface area contributed by atoms with Crippen LogP contribution in [0.1, 0.15) is 33.1 Å². The van der Waals surface area contributed by atoms with Crippen molar-refractivity contribution in [2.24, 2.45) is 11.1 Å². The number of carbonyl (C=O) groups excluding carboxylic acids is 2. The Kier molecular flexibility index (Phi) is 4.29.